The zero-order valence-electron chi connectivity index (χ0n) is 13.2. The highest BCUT2D eigenvalue weighted by atomic mass is 16.2. The summed E-state index contributed by atoms with van der Waals surface area (Å²) >= 11 is 0. The Morgan fingerprint density at radius 1 is 1.15 bits per heavy atom. The Morgan fingerprint density at radius 2 is 1.80 bits per heavy atom. The van der Waals surface area contributed by atoms with E-state index < -0.39 is 0 Å². The van der Waals surface area contributed by atoms with Crippen LogP contribution in [-0.2, 0) is 9.59 Å². The minimum Gasteiger partial charge on any atom is -0.341 e. The molecule has 2 rings (SSSR count). The zero-order chi connectivity index (χ0) is 14.8. The van der Waals surface area contributed by atoms with Crippen molar-refractivity contribution < 1.29 is 9.59 Å². The Hall–Kier alpha value is -1.06. The third-order valence-corrected chi connectivity index (χ3v) is 4.82. The van der Waals surface area contributed by atoms with E-state index in [1.807, 2.05) is 4.90 Å². The number of rotatable bonds is 2. The van der Waals surface area contributed by atoms with Crippen LogP contribution in [0.5, 0.6) is 0 Å². The molecule has 2 amide bonds. The maximum absolute atomic E-state index is 12.3. The molecule has 2 aliphatic heterocycles. The van der Waals surface area contributed by atoms with E-state index in [1.165, 1.54) is 0 Å². The topological polar surface area (TPSA) is 40.6 Å². The lowest BCUT2D eigenvalue weighted by Gasteiger charge is -2.39. The molecule has 2 aliphatic rings. The van der Waals surface area contributed by atoms with Crippen molar-refractivity contribution in [2.24, 2.45) is 11.3 Å². The van der Waals surface area contributed by atoms with Crippen molar-refractivity contribution >= 4 is 11.8 Å². The molecule has 114 valence electrons. The van der Waals surface area contributed by atoms with E-state index in [1.54, 1.807) is 4.90 Å². The summed E-state index contributed by atoms with van der Waals surface area (Å²) in [6, 6.07) is 0. The van der Waals surface area contributed by atoms with Gasteiger partial charge >= 0.3 is 0 Å². The molecule has 2 fully saturated rings. The molecule has 0 spiro atoms. The van der Waals surface area contributed by atoms with Crippen LogP contribution in [0.4, 0.5) is 0 Å². The molecule has 4 nitrogen and oxygen atoms in total. The fourth-order valence-electron chi connectivity index (χ4n) is 3.29. The van der Waals surface area contributed by atoms with Gasteiger partial charge in [0.05, 0.1) is 6.54 Å². The summed E-state index contributed by atoms with van der Waals surface area (Å²) in [5.74, 6) is 0.977. The van der Waals surface area contributed by atoms with Crippen LogP contribution in [0.1, 0.15) is 52.9 Å². The van der Waals surface area contributed by atoms with Crippen LogP contribution in [0.2, 0.25) is 0 Å². The number of carbonyl (C=O) groups excluding carboxylic acids is 2. The predicted molar refractivity (Wildman–Crippen MR) is 79.2 cm³/mol. The van der Waals surface area contributed by atoms with Crippen LogP contribution in [0.25, 0.3) is 0 Å². The van der Waals surface area contributed by atoms with Crippen molar-refractivity contribution in [3.05, 3.63) is 0 Å². The molecule has 2 heterocycles. The molecule has 20 heavy (non-hydrogen) atoms. The van der Waals surface area contributed by atoms with E-state index in [0.717, 1.165) is 45.3 Å². The van der Waals surface area contributed by atoms with Gasteiger partial charge in [-0.1, -0.05) is 20.8 Å². The Balaban J connectivity index is 1.81. The van der Waals surface area contributed by atoms with Crippen molar-refractivity contribution in [2.45, 2.75) is 52.9 Å². The van der Waals surface area contributed by atoms with E-state index in [4.69, 9.17) is 0 Å². The lowest BCUT2D eigenvalue weighted by Crippen LogP contribution is -2.48. The van der Waals surface area contributed by atoms with E-state index in [0.29, 0.717) is 24.3 Å². The predicted octanol–water partition coefficient (Wildman–Crippen LogP) is 2.28. The summed E-state index contributed by atoms with van der Waals surface area (Å²) in [4.78, 5) is 27.7. The highest BCUT2D eigenvalue weighted by molar-refractivity contribution is 5.85. The minimum absolute atomic E-state index is 0.132. The van der Waals surface area contributed by atoms with Crippen molar-refractivity contribution in [2.75, 3.05) is 26.2 Å². The third-order valence-electron chi connectivity index (χ3n) is 4.82. The number of carbonyl (C=O) groups is 2. The summed E-state index contributed by atoms with van der Waals surface area (Å²) in [6.07, 6.45) is 4.79. The largest absolute Gasteiger partial charge is 0.341 e. The van der Waals surface area contributed by atoms with Gasteiger partial charge in [0.25, 0.3) is 0 Å². The van der Waals surface area contributed by atoms with Crippen LogP contribution in [-0.4, -0.2) is 47.8 Å². The molecule has 0 radical (unpaired) electrons. The second-order valence-electron chi connectivity index (χ2n) is 7.29. The molecule has 2 saturated heterocycles. The Bertz CT molecular complexity index is 365. The lowest BCUT2D eigenvalue weighted by atomic mass is 9.75. The highest BCUT2D eigenvalue weighted by Crippen LogP contribution is 2.34. The maximum Gasteiger partial charge on any atom is 0.242 e. The van der Waals surface area contributed by atoms with Crippen LogP contribution in [0.15, 0.2) is 0 Å². The molecule has 0 N–H and O–H groups in total. The molecule has 0 aromatic rings. The summed E-state index contributed by atoms with van der Waals surface area (Å²) in [6.45, 7) is 9.58. The summed E-state index contributed by atoms with van der Waals surface area (Å²) < 4.78 is 0. The molecule has 4 heteroatoms. The van der Waals surface area contributed by atoms with Crippen LogP contribution in [0.3, 0.4) is 0 Å². The van der Waals surface area contributed by atoms with E-state index in [9.17, 15) is 9.59 Å². The Labute approximate surface area is 122 Å². The molecule has 0 unspecified atom stereocenters. The average Bonchev–Trinajstić information content (AvgIpc) is 2.40. The number of piperidine rings is 2. The zero-order valence-corrected chi connectivity index (χ0v) is 13.2. The fraction of sp³-hybridized carbons (Fsp3) is 0.875. The molecular formula is C16H28N2O2. The standard InChI is InChI=1S/C16H28N2O2/c1-16(2,3)13-7-10-17(11-8-13)15(20)12-18-9-5-4-6-14(18)19/h13H,4-12H2,1-3H3. The number of amides is 2. The second-order valence-corrected chi connectivity index (χ2v) is 7.29. The monoisotopic (exact) mass is 280 g/mol. The van der Waals surface area contributed by atoms with Gasteiger partial charge in [-0.15, -0.1) is 0 Å². The molecule has 0 bridgehead atoms. The van der Waals surface area contributed by atoms with Crippen molar-refractivity contribution in [3.63, 3.8) is 0 Å². The summed E-state index contributed by atoms with van der Waals surface area (Å²) in [7, 11) is 0. The van der Waals surface area contributed by atoms with Crippen LogP contribution >= 0.6 is 0 Å². The molecule has 0 atom stereocenters. The fourth-order valence-corrected chi connectivity index (χ4v) is 3.29. The van der Waals surface area contributed by atoms with Gasteiger partial charge in [0, 0.05) is 26.1 Å². The first-order valence-corrected chi connectivity index (χ1v) is 7.93. The van der Waals surface area contributed by atoms with Crippen LogP contribution < -0.4 is 0 Å². The van der Waals surface area contributed by atoms with Crippen molar-refractivity contribution in [1.29, 1.82) is 0 Å². The van der Waals surface area contributed by atoms with Gasteiger partial charge in [-0.05, 0) is 37.0 Å². The van der Waals surface area contributed by atoms with E-state index >= 15 is 0 Å². The first-order chi connectivity index (χ1) is 9.38. The lowest BCUT2D eigenvalue weighted by molar-refractivity contribution is -0.142. The molecule has 0 aliphatic carbocycles. The number of hydrogen-bond acceptors (Lipinski definition) is 2. The van der Waals surface area contributed by atoms with E-state index in [2.05, 4.69) is 20.8 Å². The van der Waals surface area contributed by atoms with Crippen molar-refractivity contribution in [1.82, 2.24) is 9.80 Å². The smallest absolute Gasteiger partial charge is 0.242 e. The van der Waals surface area contributed by atoms with Gasteiger partial charge in [0.1, 0.15) is 0 Å². The van der Waals surface area contributed by atoms with Gasteiger partial charge in [-0.3, -0.25) is 9.59 Å². The Morgan fingerprint density at radius 3 is 2.35 bits per heavy atom. The Kier molecular flexibility index (Phi) is 4.71. The van der Waals surface area contributed by atoms with Gasteiger partial charge in [0.2, 0.25) is 11.8 Å². The maximum atomic E-state index is 12.3. The molecular weight excluding hydrogens is 252 g/mol. The van der Waals surface area contributed by atoms with Gasteiger partial charge < -0.3 is 9.80 Å². The average molecular weight is 280 g/mol. The second kappa shape index (κ2) is 6.15. The van der Waals surface area contributed by atoms with Gasteiger partial charge in [-0.25, -0.2) is 0 Å². The third kappa shape index (κ3) is 3.74. The first kappa shape index (κ1) is 15.3. The van der Waals surface area contributed by atoms with E-state index in [-0.39, 0.29) is 11.8 Å². The van der Waals surface area contributed by atoms with Crippen LogP contribution in [0, 0.1) is 11.3 Å². The summed E-state index contributed by atoms with van der Waals surface area (Å²) in [5, 5.41) is 0. The highest BCUT2D eigenvalue weighted by Gasteiger charge is 2.31. The minimum atomic E-state index is 0.132. The number of likely N-dealkylation sites (tertiary alicyclic amines) is 2. The summed E-state index contributed by atoms with van der Waals surface area (Å²) in [5.41, 5.74) is 0.331. The first-order valence-electron chi connectivity index (χ1n) is 7.93. The number of nitrogens with zero attached hydrogens (tertiary/aromatic N) is 2. The molecule has 0 saturated carbocycles. The number of hydrogen-bond donors (Lipinski definition) is 0. The normalized spacial score (nSPS) is 22.2. The van der Waals surface area contributed by atoms with Crippen molar-refractivity contribution in [3.8, 4) is 0 Å². The SMILES string of the molecule is CC(C)(C)C1CCN(C(=O)CN2CCCCC2=O)CC1. The molecule has 0 aromatic heterocycles. The van der Waals surface area contributed by atoms with Gasteiger partial charge in [0.15, 0.2) is 0 Å². The quantitative estimate of drug-likeness (QED) is 0.778. The van der Waals surface area contributed by atoms with Gasteiger partial charge in [-0.2, -0.15) is 0 Å². The molecule has 0 aromatic carbocycles.